The van der Waals surface area contributed by atoms with Crippen LogP contribution in [0.3, 0.4) is 0 Å². The van der Waals surface area contributed by atoms with Crippen molar-refractivity contribution in [3.8, 4) is 0 Å². The fraction of sp³-hybridized carbons (Fsp3) is 0.440. The molecule has 41 heavy (non-hydrogen) atoms. The Morgan fingerprint density at radius 2 is 1.93 bits per heavy atom. The highest BCUT2D eigenvalue weighted by Crippen LogP contribution is 2.25. The Morgan fingerprint density at radius 1 is 1.29 bits per heavy atom. The van der Waals surface area contributed by atoms with E-state index in [4.69, 9.17) is 10.8 Å². The van der Waals surface area contributed by atoms with E-state index in [1.165, 1.54) is 36.6 Å². The third-order valence-electron chi connectivity index (χ3n) is 7.24. The number of rotatable bonds is 9. The lowest BCUT2D eigenvalue weighted by atomic mass is 9.95. The summed E-state index contributed by atoms with van der Waals surface area (Å²) in [6, 6.07) is 3.03. The Balaban J connectivity index is 1.72. The SMILES string of the molecule is CCN(C(=O)C1=C(O)C(=O)C(C(=N)SC(=[NH2+])Cc2ccc(F)cc2F)=C[NH2+]1)C1(NC)CC[NH+](S(=O)(=O)N(C)C)CC1. The van der Waals surface area contributed by atoms with Crippen molar-refractivity contribution >= 4 is 43.7 Å². The molecule has 0 bridgehead atoms. The number of thioether (sulfide) groups is 1. The number of amides is 1. The normalized spacial score (nSPS) is 21.6. The average Bonchev–Trinajstić information content (AvgIpc) is 2.92. The van der Waals surface area contributed by atoms with Gasteiger partial charge in [0.1, 0.15) is 34.1 Å². The molecular weight excluding hydrogens is 580 g/mol. The molecule has 224 valence electrons. The zero-order chi connectivity index (χ0) is 30.7. The van der Waals surface area contributed by atoms with Gasteiger partial charge >= 0.3 is 16.1 Å². The Labute approximate surface area is 241 Å². The minimum atomic E-state index is -3.55. The van der Waals surface area contributed by atoms with Crippen LogP contribution in [0.2, 0.25) is 0 Å². The van der Waals surface area contributed by atoms with Crippen molar-refractivity contribution in [1.82, 2.24) is 14.5 Å². The van der Waals surface area contributed by atoms with Gasteiger partial charge in [0, 0.05) is 39.5 Å². The second kappa shape index (κ2) is 12.9. The first kappa shape index (κ1) is 32.5. The molecule has 0 radical (unpaired) electrons. The monoisotopic (exact) mass is 616 g/mol. The minimum absolute atomic E-state index is 0.0671. The summed E-state index contributed by atoms with van der Waals surface area (Å²) in [5.41, 5.74) is -1.26. The number of hydrogen-bond acceptors (Lipinski definition) is 8. The Hall–Kier alpha value is -3.02. The van der Waals surface area contributed by atoms with Gasteiger partial charge in [0.05, 0.1) is 19.5 Å². The van der Waals surface area contributed by atoms with Crippen LogP contribution in [0.4, 0.5) is 8.78 Å². The molecule has 2 heterocycles. The molecule has 0 aliphatic carbocycles. The number of carbonyl (C=O) groups is 2. The van der Waals surface area contributed by atoms with Crippen molar-refractivity contribution in [2.24, 2.45) is 0 Å². The van der Waals surface area contributed by atoms with E-state index in [0.717, 1.165) is 16.4 Å². The van der Waals surface area contributed by atoms with Gasteiger partial charge in [-0.1, -0.05) is 6.07 Å². The van der Waals surface area contributed by atoms with Gasteiger partial charge in [-0.2, -0.15) is 12.7 Å². The number of allylic oxidation sites excluding steroid dienone is 1. The second-order valence-electron chi connectivity index (χ2n) is 9.81. The second-order valence-corrected chi connectivity index (χ2v) is 13.2. The highest BCUT2D eigenvalue weighted by atomic mass is 32.2. The maximum absolute atomic E-state index is 14.0. The van der Waals surface area contributed by atoms with Crippen LogP contribution in [0.15, 0.2) is 41.4 Å². The van der Waals surface area contributed by atoms with Crippen molar-refractivity contribution in [1.29, 1.82) is 5.41 Å². The summed E-state index contributed by atoms with van der Waals surface area (Å²) >= 11 is 0.684. The number of aliphatic hydroxyl groups excluding tert-OH is 1. The van der Waals surface area contributed by atoms with Crippen LogP contribution in [0.1, 0.15) is 25.3 Å². The number of nitrogens with two attached hydrogens (primary N) is 2. The summed E-state index contributed by atoms with van der Waals surface area (Å²) in [6.45, 7) is 2.42. The molecule has 0 atom stereocenters. The molecule has 1 aromatic rings. The lowest BCUT2D eigenvalue weighted by Gasteiger charge is -2.46. The van der Waals surface area contributed by atoms with E-state index in [1.54, 1.807) is 14.0 Å². The zero-order valence-electron chi connectivity index (χ0n) is 23.3. The molecule has 1 fully saturated rings. The topological polar surface area (TPSA) is 178 Å². The molecule has 0 saturated carbocycles. The van der Waals surface area contributed by atoms with E-state index < -0.39 is 45.0 Å². The number of piperidine rings is 1. The van der Waals surface area contributed by atoms with Crippen molar-refractivity contribution in [3.05, 3.63) is 58.6 Å². The number of aliphatic hydroxyl groups is 1. The maximum atomic E-state index is 14.0. The van der Waals surface area contributed by atoms with Crippen LogP contribution in [0.5, 0.6) is 0 Å². The summed E-state index contributed by atoms with van der Waals surface area (Å²) in [6.07, 6.45) is 1.73. The van der Waals surface area contributed by atoms with Gasteiger partial charge in [-0.15, -0.1) is 0 Å². The molecule has 16 heteroatoms. The highest BCUT2D eigenvalue weighted by molar-refractivity contribution is 8.26. The van der Waals surface area contributed by atoms with Gasteiger partial charge in [0.15, 0.2) is 0 Å². The summed E-state index contributed by atoms with van der Waals surface area (Å²) in [7, 11) is 1.05. The van der Waals surface area contributed by atoms with Gasteiger partial charge < -0.3 is 10.0 Å². The predicted octanol–water partition coefficient (Wildman–Crippen LogP) is -2.58. The number of benzene rings is 1. The highest BCUT2D eigenvalue weighted by Gasteiger charge is 2.48. The van der Waals surface area contributed by atoms with Gasteiger partial charge in [0.25, 0.3) is 0 Å². The van der Waals surface area contributed by atoms with Crippen molar-refractivity contribution in [3.63, 3.8) is 0 Å². The maximum Gasteiger partial charge on any atom is 0.370 e. The van der Waals surface area contributed by atoms with Crippen molar-refractivity contribution < 1.29 is 46.9 Å². The van der Waals surface area contributed by atoms with Gasteiger partial charge in [-0.05, 0) is 37.4 Å². The van der Waals surface area contributed by atoms with Crippen LogP contribution < -0.4 is 20.3 Å². The fourth-order valence-corrected chi connectivity index (χ4v) is 6.89. The molecule has 0 aromatic heterocycles. The quantitative estimate of drug-likeness (QED) is 0.100. The summed E-state index contributed by atoms with van der Waals surface area (Å²) in [5, 5.41) is 29.1. The third kappa shape index (κ3) is 6.73. The van der Waals surface area contributed by atoms with Crippen LogP contribution >= 0.6 is 11.8 Å². The van der Waals surface area contributed by atoms with Crippen molar-refractivity contribution in [2.45, 2.75) is 31.8 Å². The molecule has 1 amide bonds. The summed E-state index contributed by atoms with van der Waals surface area (Å²) in [4.78, 5) is 28.1. The number of nitrogens with zero attached hydrogens (tertiary/aromatic N) is 2. The standard InChI is InChI=1S/C25H33F2N7O5S2/c1-5-34(25(30-2)8-10-33(11-9-25)41(38,39)32(3)4)24(37)20-22(36)21(35)17(14-31-20)23(29)40-19(28)12-15-6-7-16(26)13-18(15)27/h6-7,13-14,28-30,36H,5,8-12H2,1-4H3,(H,31,35)/p+3. The number of hydrogen-bond donors (Lipinski definition) is 6. The zero-order valence-corrected chi connectivity index (χ0v) is 24.9. The molecule has 2 aliphatic heterocycles. The number of halogens is 2. The van der Waals surface area contributed by atoms with Crippen LogP contribution in [0, 0.1) is 17.0 Å². The molecule has 0 unspecified atom stereocenters. The van der Waals surface area contributed by atoms with E-state index in [0.29, 0.717) is 28.9 Å². The lowest BCUT2D eigenvalue weighted by Crippen LogP contribution is -3.17. The Morgan fingerprint density at radius 3 is 2.46 bits per heavy atom. The Bertz CT molecular complexity index is 1420. The number of Topliss-reactive ketones (excluding diaryl/α,β-unsaturated/α-hetero) is 1. The number of ketones is 1. The fourth-order valence-electron chi connectivity index (χ4n) is 4.90. The number of likely N-dealkylation sites (N-methyl/N-ethyl adjacent to an activating group) is 1. The van der Waals surface area contributed by atoms with Crippen LogP contribution in [-0.4, -0.2) is 90.9 Å². The van der Waals surface area contributed by atoms with Crippen molar-refractivity contribution in [2.75, 3.05) is 40.8 Å². The summed E-state index contributed by atoms with van der Waals surface area (Å²) in [5.74, 6) is -3.93. The smallest absolute Gasteiger partial charge is 0.370 e. The lowest BCUT2D eigenvalue weighted by molar-refractivity contribution is -0.779. The molecule has 1 saturated heterocycles. The van der Waals surface area contributed by atoms with Crippen LogP contribution in [0.25, 0.3) is 0 Å². The first-order valence-electron chi connectivity index (χ1n) is 12.8. The summed E-state index contributed by atoms with van der Waals surface area (Å²) < 4.78 is 53.9. The molecule has 12 nitrogen and oxygen atoms in total. The number of nitrogens with one attached hydrogen (secondary N) is 3. The molecule has 2 aliphatic rings. The molecular formula is C25H36F2N7O5S2+3. The van der Waals surface area contributed by atoms with E-state index in [2.05, 4.69) is 5.32 Å². The predicted molar refractivity (Wildman–Crippen MR) is 149 cm³/mol. The van der Waals surface area contributed by atoms with E-state index in [1.807, 2.05) is 0 Å². The van der Waals surface area contributed by atoms with E-state index in [-0.39, 0.29) is 53.0 Å². The van der Waals surface area contributed by atoms with E-state index >= 15 is 0 Å². The number of quaternary nitrogens is 2. The average molecular weight is 617 g/mol. The molecule has 0 spiro atoms. The first-order valence-corrected chi connectivity index (χ1v) is 15.1. The molecule has 1 aromatic carbocycles. The van der Waals surface area contributed by atoms with Gasteiger partial charge in [0.2, 0.25) is 22.3 Å². The van der Waals surface area contributed by atoms with Crippen LogP contribution in [-0.2, 0) is 26.2 Å². The largest absolute Gasteiger partial charge is 0.500 e. The van der Waals surface area contributed by atoms with Gasteiger partial charge in [-0.3, -0.25) is 31.0 Å². The molecule has 3 rings (SSSR count). The Kier molecular flexibility index (Phi) is 10.2. The minimum Gasteiger partial charge on any atom is -0.500 e. The number of carbonyl (C=O) groups excluding carboxylic acids is 2. The third-order valence-corrected chi connectivity index (χ3v) is 10.2. The van der Waals surface area contributed by atoms with E-state index in [9.17, 15) is 31.9 Å². The van der Waals surface area contributed by atoms with Gasteiger partial charge in [-0.25, -0.2) is 13.1 Å². The first-order chi connectivity index (χ1) is 19.2. The molecule has 8 N–H and O–H groups in total.